The fourth-order valence-corrected chi connectivity index (χ4v) is 0.729. The van der Waals surface area contributed by atoms with Crippen LogP contribution in [0.4, 0.5) is 5.69 Å². The first-order valence-corrected chi connectivity index (χ1v) is 2.92. The quantitative estimate of drug-likeness (QED) is 0.305. The van der Waals surface area contributed by atoms with E-state index < -0.39 is 0 Å². The average molecular weight is 163 g/mol. The molecule has 0 heterocycles. The summed E-state index contributed by atoms with van der Waals surface area (Å²) in [5.41, 5.74) is 6.48. The SMILES string of the molecule is Nc1ccc(O)cc1CO.[NaH]. The summed E-state index contributed by atoms with van der Waals surface area (Å²) in [5.74, 6) is 0.123. The predicted octanol–water partition coefficient (Wildman–Crippen LogP) is -0.182. The third-order valence-corrected chi connectivity index (χ3v) is 1.30. The number of aromatic hydroxyl groups is 1. The standard InChI is InChI=1S/C7H9NO2.Na.H/c8-7-2-1-6(10)3-5(7)4-9;;/h1-3,9-10H,4,8H2;;. The molecule has 0 bridgehead atoms. The third kappa shape index (κ3) is 2.71. The number of nitrogens with two attached hydrogens (primary N) is 1. The van der Waals surface area contributed by atoms with E-state index in [1.165, 1.54) is 12.1 Å². The number of phenols is 1. The van der Waals surface area contributed by atoms with Gasteiger partial charge in [0.25, 0.3) is 0 Å². The van der Waals surface area contributed by atoms with Crippen LogP contribution in [-0.4, -0.2) is 39.8 Å². The molecular formula is C7H10NNaO2. The van der Waals surface area contributed by atoms with Gasteiger partial charge in [0.1, 0.15) is 5.75 Å². The van der Waals surface area contributed by atoms with E-state index >= 15 is 0 Å². The number of phenolic OH excluding ortho intramolecular Hbond substituents is 1. The second-order valence-corrected chi connectivity index (χ2v) is 2.04. The summed E-state index contributed by atoms with van der Waals surface area (Å²) < 4.78 is 0. The normalized spacial score (nSPS) is 8.82. The van der Waals surface area contributed by atoms with Crippen molar-refractivity contribution in [2.45, 2.75) is 6.61 Å². The second kappa shape index (κ2) is 4.62. The Morgan fingerprint density at radius 1 is 1.36 bits per heavy atom. The molecule has 0 fully saturated rings. The molecule has 0 aromatic heterocycles. The molecule has 0 unspecified atom stereocenters. The van der Waals surface area contributed by atoms with Crippen molar-refractivity contribution in [2.24, 2.45) is 0 Å². The van der Waals surface area contributed by atoms with Crippen molar-refractivity contribution in [1.29, 1.82) is 0 Å². The molecule has 0 saturated carbocycles. The van der Waals surface area contributed by atoms with Crippen molar-refractivity contribution in [3.05, 3.63) is 23.8 Å². The van der Waals surface area contributed by atoms with Crippen LogP contribution in [0.3, 0.4) is 0 Å². The fourth-order valence-electron chi connectivity index (χ4n) is 0.729. The predicted molar refractivity (Wildman–Crippen MR) is 45.6 cm³/mol. The Balaban J connectivity index is 0.000001000. The van der Waals surface area contributed by atoms with Crippen molar-refractivity contribution < 1.29 is 10.2 Å². The molecule has 4 heteroatoms. The van der Waals surface area contributed by atoms with E-state index in [0.717, 1.165) is 0 Å². The van der Waals surface area contributed by atoms with Gasteiger partial charge in [0.15, 0.2) is 0 Å². The van der Waals surface area contributed by atoms with Crippen LogP contribution < -0.4 is 5.73 Å². The Morgan fingerprint density at radius 2 is 2.00 bits per heavy atom. The van der Waals surface area contributed by atoms with Crippen molar-refractivity contribution >= 4 is 35.2 Å². The van der Waals surface area contributed by atoms with Gasteiger partial charge in [0, 0.05) is 11.3 Å². The summed E-state index contributed by atoms with van der Waals surface area (Å²) in [6.45, 7) is -0.139. The molecule has 0 amide bonds. The van der Waals surface area contributed by atoms with Gasteiger partial charge < -0.3 is 15.9 Å². The summed E-state index contributed by atoms with van der Waals surface area (Å²) in [7, 11) is 0. The number of rotatable bonds is 1. The van der Waals surface area contributed by atoms with E-state index in [4.69, 9.17) is 15.9 Å². The molecule has 0 aliphatic rings. The maximum atomic E-state index is 8.90. The summed E-state index contributed by atoms with van der Waals surface area (Å²) in [4.78, 5) is 0. The minimum atomic E-state index is -0.139. The molecule has 3 nitrogen and oxygen atoms in total. The van der Waals surface area contributed by atoms with Gasteiger partial charge in [-0.15, -0.1) is 0 Å². The number of aliphatic hydroxyl groups is 1. The van der Waals surface area contributed by atoms with Gasteiger partial charge in [-0.3, -0.25) is 0 Å². The minimum absolute atomic E-state index is 0. The zero-order valence-electron chi connectivity index (χ0n) is 5.41. The summed E-state index contributed by atoms with van der Waals surface area (Å²) in [6.07, 6.45) is 0. The molecule has 11 heavy (non-hydrogen) atoms. The Kier molecular flexibility index (Phi) is 4.52. The Labute approximate surface area is 87.1 Å². The topological polar surface area (TPSA) is 66.5 Å². The van der Waals surface area contributed by atoms with Crippen LogP contribution in [0.5, 0.6) is 5.75 Å². The molecule has 0 spiro atoms. The summed E-state index contributed by atoms with van der Waals surface area (Å²) in [6, 6.07) is 4.48. The van der Waals surface area contributed by atoms with E-state index in [9.17, 15) is 0 Å². The number of hydrogen-bond donors (Lipinski definition) is 3. The first kappa shape index (κ1) is 10.8. The molecule has 1 rings (SSSR count). The Morgan fingerprint density at radius 3 is 2.45 bits per heavy atom. The zero-order valence-corrected chi connectivity index (χ0v) is 5.41. The van der Waals surface area contributed by atoms with Crippen molar-refractivity contribution in [3.8, 4) is 5.75 Å². The molecule has 0 radical (unpaired) electrons. The zero-order chi connectivity index (χ0) is 7.56. The van der Waals surface area contributed by atoms with Gasteiger partial charge in [-0.2, -0.15) is 0 Å². The Hall–Kier alpha value is -0.220. The maximum absolute atomic E-state index is 8.90. The van der Waals surface area contributed by atoms with Crippen LogP contribution in [0.15, 0.2) is 18.2 Å². The van der Waals surface area contributed by atoms with Crippen LogP contribution >= 0.6 is 0 Å². The van der Waals surface area contributed by atoms with E-state index in [2.05, 4.69) is 0 Å². The molecule has 0 aliphatic carbocycles. The number of benzene rings is 1. The number of nitrogen functional groups attached to an aromatic ring is 1. The fraction of sp³-hybridized carbons (Fsp3) is 0.143. The molecule has 1 aromatic carbocycles. The third-order valence-electron chi connectivity index (χ3n) is 1.30. The number of aliphatic hydroxyl groups excluding tert-OH is 1. The average Bonchev–Trinajstić information content (AvgIpc) is 1.94. The van der Waals surface area contributed by atoms with Crippen LogP contribution in [0.2, 0.25) is 0 Å². The molecule has 1 aromatic rings. The van der Waals surface area contributed by atoms with Crippen molar-refractivity contribution in [2.75, 3.05) is 5.73 Å². The van der Waals surface area contributed by atoms with Gasteiger partial charge in [-0.05, 0) is 18.2 Å². The molecule has 56 valence electrons. The van der Waals surface area contributed by atoms with Crippen molar-refractivity contribution in [3.63, 3.8) is 0 Å². The molecule has 0 atom stereocenters. The van der Waals surface area contributed by atoms with E-state index in [1.807, 2.05) is 0 Å². The number of hydrogen-bond acceptors (Lipinski definition) is 3. The monoisotopic (exact) mass is 163 g/mol. The van der Waals surface area contributed by atoms with Crippen LogP contribution in [-0.2, 0) is 6.61 Å². The summed E-state index contributed by atoms with van der Waals surface area (Å²) >= 11 is 0. The first-order chi connectivity index (χ1) is 4.74. The molecular weight excluding hydrogens is 153 g/mol. The second-order valence-electron chi connectivity index (χ2n) is 2.04. The van der Waals surface area contributed by atoms with Crippen LogP contribution in [0.25, 0.3) is 0 Å². The number of anilines is 1. The van der Waals surface area contributed by atoms with Gasteiger partial charge in [-0.1, -0.05) is 0 Å². The van der Waals surface area contributed by atoms with Gasteiger partial charge in [0.05, 0.1) is 6.61 Å². The van der Waals surface area contributed by atoms with Crippen LogP contribution in [0, 0.1) is 0 Å². The van der Waals surface area contributed by atoms with Crippen LogP contribution in [0.1, 0.15) is 5.56 Å². The summed E-state index contributed by atoms with van der Waals surface area (Å²) in [5, 5.41) is 17.6. The van der Waals surface area contributed by atoms with E-state index in [-0.39, 0.29) is 41.9 Å². The van der Waals surface area contributed by atoms with Crippen molar-refractivity contribution in [1.82, 2.24) is 0 Å². The Bertz CT molecular complexity index is 240. The molecule has 0 aliphatic heterocycles. The van der Waals surface area contributed by atoms with Gasteiger partial charge in [-0.25, -0.2) is 0 Å². The van der Waals surface area contributed by atoms with Gasteiger partial charge >= 0.3 is 29.6 Å². The molecule has 0 saturated heterocycles. The van der Waals surface area contributed by atoms with Gasteiger partial charge in [0.2, 0.25) is 0 Å². The molecule has 4 N–H and O–H groups in total. The first-order valence-electron chi connectivity index (χ1n) is 2.92. The van der Waals surface area contributed by atoms with E-state index in [0.29, 0.717) is 11.3 Å². The van der Waals surface area contributed by atoms with E-state index in [1.54, 1.807) is 6.07 Å².